The summed E-state index contributed by atoms with van der Waals surface area (Å²) in [7, 11) is 1.60. The largest absolute Gasteiger partial charge is 0.485 e. The second-order valence-corrected chi connectivity index (χ2v) is 6.21. The number of hydrogen-bond acceptors (Lipinski definition) is 5. The first kappa shape index (κ1) is 18.1. The van der Waals surface area contributed by atoms with Crippen molar-refractivity contribution in [2.75, 3.05) is 20.2 Å². The number of halogens is 3. The molecule has 0 bridgehead atoms. The first-order valence-electron chi connectivity index (χ1n) is 6.05. The first-order valence-corrected chi connectivity index (χ1v) is 7.19. The molecule has 0 unspecified atom stereocenters. The Hall–Kier alpha value is -0.980. The van der Waals surface area contributed by atoms with Gasteiger partial charge in [0, 0.05) is 7.05 Å². The molecule has 0 fully saturated rings. The van der Waals surface area contributed by atoms with E-state index in [1.54, 1.807) is 27.8 Å². The van der Waals surface area contributed by atoms with Crippen molar-refractivity contribution in [3.8, 4) is 5.75 Å². The van der Waals surface area contributed by atoms with Crippen LogP contribution in [0.3, 0.4) is 0 Å². The van der Waals surface area contributed by atoms with Crippen LogP contribution >= 0.6 is 34.8 Å². The number of ether oxygens (including phenoxy) is 2. The van der Waals surface area contributed by atoms with Crippen molar-refractivity contribution < 1.29 is 14.3 Å². The monoisotopic (exact) mass is 355 g/mol. The quantitative estimate of drug-likeness (QED) is 0.608. The van der Waals surface area contributed by atoms with Crippen molar-refractivity contribution in [2.24, 2.45) is 0 Å². The van der Waals surface area contributed by atoms with Crippen LogP contribution in [-0.4, -0.2) is 46.8 Å². The average Bonchev–Trinajstić information content (AvgIpc) is 2.29. The number of amides is 1. The van der Waals surface area contributed by atoms with E-state index in [-0.39, 0.29) is 34.5 Å². The van der Waals surface area contributed by atoms with E-state index in [4.69, 9.17) is 44.3 Å². The normalized spacial score (nSPS) is 11.2. The highest BCUT2D eigenvalue weighted by atomic mass is 35.5. The Bertz CT molecular complexity index is 497. The first-order chi connectivity index (χ1) is 9.60. The van der Waals surface area contributed by atoms with Crippen LogP contribution in [-0.2, 0) is 4.74 Å². The van der Waals surface area contributed by atoms with Gasteiger partial charge in [-0.15, -0.1) is 0 Å². The third-order valence-corrected chi connectivity index (χ3v) is 2.82. The minimum Gasteiger partial charge on any atom is -0.485 e. The van der Waals surface area contributed by atoms with Gasteiger partial charge in [-0.2, -0.15) is 0 Å². The Balaban J connectivity index is 2.52. The molecule has 118 valence electrons. The Morgan fingerprint density at radius 2 is 1.71 bits per heavy atom. The molecule has 21 heavy (non-hydrogen) atoms. The van der Waals surface area contributed by atoms with Gasteiger partial charge in [-0.25, -0.2) is 14.8 Å². The van der Waals surface area contributed by atoms with Crippen LogP contribution in [0.5, 0.6) is 5.75 Å². The van der Waals surface area contributed by atoms with Gasteiger partial charge in [0.2, 0.25) is 5.28 Å². The molecule has 0 aliphatic rings. The highest BCUT2D eigenvalue weighted by Gasteiger charge is 2.20. The smallest absolute Gasteiger partial charge is 0.410 e. The maximum atomic E-state index is 11.7. The van der Waals surface area contributed by atoms with E-state index in [1.165, 1.54) is 4.90 Å². The fourth-order valence-corrected chi connectivity index (χ4v) is 1.96. The van der Waals surface area contributed by atoms with Crippen molar-refractivity contribution in [1.29, 1.82) is 0 Å². The Kier molecular flexibility index (Phi) is 6.31. The number of aromatic nitrogens is 2. The number of likely N-dealkylation sites (N-methyl/N-ethyl adjacent to an activating group) is 1. The molecule has 0 aromatic carbocycles. The van der Waals surface area contributed by atoms with Crippen LogP contribution < -0.4 is 4.74 Å². The molecule has 1 aromatic rings. The number of carbonyl (C=O) groups excluding carboxylic acids is 1. The lowest BCUT2D eigenvalue weighted by molar-refractivity contribution is 0.0278. The van der Waals surface area contributed by atoms with Crippen molar-refractivity contribution in [2.45, 2.75) is 26.4 Å². The standard InChI is InChI=1S/C12H16Cl3N3O3/c1-12(2,3)21-11(19)18(4)5-6-20-7-8(13)16-10(15)17-9(7)14/h5-6H2,1-4H3. The van der Waals surface area contributed by atoms with Gasteiger partial charge in [0.1, 0.15) is 12.2 Å². The van der Waals surface area contributed by atoms with E-state index >= 15 is 0 Å². The van der Waals surface area contributed by atoms with E-state index < -0.39 is 11.7 Å². The Labute approximate surface area is 138 Å². The summed E-state index contributed by atoms with van der Waals surface area (Å²) in [6.45, 7) is 5.81. The summed E-state index contributed by atoms with van der Waals surface area (Å²) in [5, 5.41) is -0.0388. The molecule has 0 radical (unpaired) electrons. The molecule has 0 atom stereocenters. The highest BCUT2D eigenvalue weighted by Crippen LogP contribution is 2.30. The van der Waals surface area contributed by atoms with Gasteiger partial charge in [-0.05, 0) is 32.4 Å². The summed E-state index contributed by atoms with van der Waals surface area (Å²) in [5.74, 6) is 0.125. The van der Waals surface area contributed by atoms with Gasteiger partial charge in [-0.3, -0.25) is 0 Å². The van der Waals surface area contributed by atoms with Gasteiger partial charge in [0.25, 0.3) is 0 Å². The molecular formula is C12H16Cl3N3O3. The third-order valence-electron chi connectivity index (χ3n) is 2.13. The molecule has 1 aromatic heterocycles. The fourth-order valence-electron chi connectivity index (χ4n) is 1.21. The number of nitrogens with zero attached hydrogens (tertiary/aromatic N) is 3. The summed E-state index contributed by atoms with van der Waals surface area (Å²) in [6, 6.07) is 0. The van der Waals surface area contributed by atoms with Crippen LogP contribution in [0.25, 0.3) is 0 Å². The average molecular weight is 357 g/mol. The van der Waals surface area contributed by atoms with E-state index in [9.17, 15) is 4.79 Å². The maximum Gasteiger partial charge on any atom is 0.410 e. The van der Waals surface area contributed by atoms with Crippen molar-refractivity contribution in [3.05, 3.63) is 15.6 Å². The SMILES string of the molecule is CN(CCOc1c(Cl)nc(Cl)nc1Cl)C(=O)OC(C)(C)C. The molecule has 0 saturated heterocycles. The highest BCUT2D eigenvalue weighted by molar-refractivity contribution is 6.37. The van der Waals surface area contributed by atoms with Gasteiger partial charge < -0.3 is 14.4 Å². The number of carbonyl (C=O) groups is 1. The second kappa shape index (κ2) is 7.33. The zero-order valence-electron chi connectivity index (χ0n) is 12.1. The van der Waals surface area contributed by atoms with Crippen LogP contribution in [0.1, 0.15) is 20.8 Å². The third kappa shape index (κ3) is 6.11. The van der Waals surface area contributed by atoms with E-state index in [0.717, 1.165) is 0 Å². The van der Waals surface area contributed by atoms with Crippen molar-refractivity contribution in [3.63, 3.8) is 0 Å². The predicted octanol–water partition coefficient (Wildman–Crippen LogP) is 3.68. The van der Waals surface area contributed by atoms with Crippen LogP contribution in [0.15, 0.2) is 0 Å². The zero-order valence-corrected chi connectivity index (χ0v) is 14.4. The van der Waals surface area contributed by atoms with E-state index in [1.807, 2.05) is 0 Å². The molecule has 0 saturated carbocycles. The molecule has 0 aliphatic heterocycles. The fraction of sp³-hybridized carbons (Fsp3) is 0.583. The minimum absolute atomic E-state index is 0.0138. The van der Waals surface area contributed by atoms with Crippen LogP contribution in [0, 0.1) is 0 Å². The Morgan fingerprint density at radius 3 is 2.19 bits per heavy atom. The topological polar surface area (TPSA) is 64.5 Å². The zero-order chi connectivity index (χ0) is 16.2. The summed E-state index contributed by atoms with van der Waals surface area (Å²) >= 11 is 17.3. The molecule has 6 nitrogen and oxygen atoms in total. The molecule has 9 heteroatoms. The minimum atomic E-state index is -0.553. The van der Waals surface area contributed by atoms with Crippen molar-refractivity contribution >= 4 is 40.9 Å². The van der Waals surface area contributed by atoms with E-state index in [2.05, 4.69) is 9.97 Å². The van der Waals surface area contributed by atoms with Crippen LogP contribution in [0.4, 0.5) is 4.79 Å². The van der Waals surface area contributed by atoms with E-state index in [0.29, 0.717) is 0 Å². The predicted molar refractivity (Wildman–Crippen MR) is 81.4 cm³/mol. The summed E-state index contributed by atoms with van der Waals surface area (Å²) in [4.78, 5) is 20.6. The summed E-state index contributed by atoms with van der Waals surface area (Å²) < 4.78 is 10.6. The lowest BCUT2D eigenvalue weighted by Crippen LogP contribution is -2.36. The molecule has 0 N–H and O–H groups in total. The van der Waals surface area contributed by atoms with Gasteiger partial charge >= 0.3 is 6.09 Å². The van der Waals surface area contributed by atoms with Gasteiger partial charge in [0.05, 0.1) is 6.54 Å². The summed E-state index contributed by atoms with van der Waals surface area (Å²) in [5.41, 5.74) is -0.553. The van der Waals surface area contributed by atoms with Crippen LogP contribution in [0.2, 0.25) is 15.6 Å². The van der Waals surface area contributed by atoms with Gasteiger partial charge in [0.15, 0.2) is 16.1 Å². The molecule has 0 spiro atoms. The Morgan fingerprint density at radius 1 is 1.19 bits per heavy atom. The number of hydrogen-bond donors (Lipinski definition) is 0. The molecule has 0 aliphatic carbocycles. The maximum absolute atomic E-state index is 11.7. The summed E-state index contributed by atoms with van der Waals surface area (Å²) in [6.07, 6.45) is -0.448. The number of rotatable bonds is 4. The molecule has 1 rings (SSSR count). The molecule has 1 heterocycles. The second-order valence-electron chi connectivity index (χ2n) is 5.15. The lowest BCUT2D eigenvalue weighted by Gasteiger charge is -2.24. The lowest BCUT2D eigenvalue weighted by atomic mass is 10.2. The van der Waals surface area contributed by atoms with Gasteiger partial charge in [-0.1, -0.05) is 23.2 Å². The van der Waals surface area contributed by atoms with Crippen molar-refractivity contribution in [1.82, 2.24) is 14.9 Å². The molecular weight excluding hydrogens is 341 g/mol. The molecule has 1 amide bonds.